The maximum atomic E-state index is 13.0. The van der Waals surface area contributed by atoms with Crippen LogP contribution in [0, 0.1) is 5.92 Å². The zero-order chi connectivity index (χ0) is 23.6. The highest BCUT2D eigenvalue weighted by molar-refractivity contribution is 8.26. The van der Waals surface area contributed by atoms with Crippen LogP contribution in [0.5, 0.6) is 0 Å². The van der Waals surface area contributed by atoms with Gasteiger partial charge in [0, 0.05) is 0 Å². The molecule has 0 aromatic heterocycles. The van der Waals surface area contributed by atoms with E-state index >= 15 is 0 Å². The molecule has 2 aromatic rings. The van der Waals surface area contributed by atoms with Gasteiger partial charge in [0.2, 0.25) is 0 Å². The van der Waals surface area contributed by atoms with Gasteiger partial charge < -0.3 is 5.11 Å². The van der Waals surface area contributed by atoms with Crippen molar-refractivity contribution in [3.8, 4) is 11.1 Å². The number of amides is 1. The predicted molar refractivity (Wildman–Crippen MR) is 136 cm³/mol. The largest absolute Gasteiger partial charge is 0.480 e. The number of aliphatic carboxylic acids is 1. The lowest BCUT2D eigenvalue weighted by atomic mass is 9.86. The normalized spacial score (nSPS) is 17.7. The van der Waals surface area contributed by atoms with Crippen LogP contribution in [-0.4, -0.2) is 32.2 Å². The van der Waals surface area contributed by atoms with Gasteiger partial charge in [-0.3, -0.25) is 9.69 Å². The third-order valence-electron chi connectivity index (χ3n) is 5.83. The van der Waals surface area contributed by atoms with Crippen molar-refractivity contribution in [1.29, 1.82) is 0 Å². The van der Waals surface area contributed by atoms with Gasteiger partial charge in [-0.15, -0.1) is 0 Å². The van der Waals surface area contributed by atoms with E-state index in [1.165, 1.54) is 10.5 Å². The number of carboxylic acid groups (broad SMARTS) is 1. The second-order valence-corrected chi connectivity index (χ2v) is 10.8. The third-order valence-corrected chi connectivity index (χ3v) is 7.16. The summed E-state index contributed by atoms with van der Waals surface area (Å²) >= 11 is 6.52. The molecular weight excluding hydrogens is 438 g/mol. The molecule has 1 fully saturated rings. The van der Waals surface area contributed by atoms with Gasteiger partial charge in [0.25, 0.3) is 5.91 Å². The molecular formula is C26H29NO3S2. The van der Waals surface area contributed by atoms with Crippen molar-refractivity contribution in [2.75, 3.05) is 0 Å². The summed E-state index contributed by atoms with van der Waals surface area (Å²) in [5.41, 5.74) is 4.50. The van der Waals surface area contributed by atoms with E-state index in [2.05, 4.69) is 45.0 Å². The van der Waals surface area contributed by atoms with Gasteiger partial charge in [-0.1, -0.05) is 114 Å². The fraction of sp³-hybridized carbons (Fsp3) is 0.346. The van der Waals surface area contributed by atoms with Crippen molar-refractivity contribution in [3.63, 3.8) is 0 Å². The van der Waals surface area contributed by atoms with Crippen molar-refractivity contribution in [2.45, 2.75) is 52.5 Å². The Morgan fingerprint density at radius 1 is 1.09 bits per heavy atom. The molecule has 1 heterocycles. The Balaban J connectivity index is 1.81. The van der Waals surface area contributed by atoms with E-state index < -0.39 is 12.0 Å². The van der Waals surface area contributed by atoms with Gasteiger partial charge in [0.05, 0.1) is 4.91 Å². The molecule has 0 radical (unpaired) electrons. The minimum Gasteiger partial charge on any atom is -0.480 e. The van der Waals surface area contributed by atoms with E-state index in [-0.39, 0.29) is 17.2 Å². The van der Waals surface area contributed by atoms with Crippen LogP contribution >= 0.6 is 24.0 Å². The third kappa shape index (κ3) is 5.13. The quantitative estimate of drug-likeness (QED) is 0.396. The molecule has 32 heavy (non-hydrogen) atoms. The van der Waals surface area contributed by atoms with Crippen LogP contribution in [0.15, 0.2) is 53.4 Å². The molecule has 1 N–H and O–H groups in total. The Kier molecular flexibility index (Phi) is 7.25. The predicted octanol–water partition coefficient (Wildman–Crippen LogP) is 6.35. The number of carbonyl (C=O) groups excluding carboxylic acids is 1. The second-order valence-electron chi connectivity index (χ2n) is 9.17. The van der Waals surface area contributed by atoms with Gasteiger partial charge in [-0.05, 0) is 39.7 Å². The monoisotopic (exact) mass is 467 g/mol. The molecule has 1 aliphatic rings. The summed E-state index contributed by atoms with van der Waals surface area (Å²) in [5, 5.41) is 9.66. The van der Waals surface area contributed by atoms with Crippen LogP contribution < -0.4 is 0 Å². The minimum absolute atomic E-state index is 0.114. The summed E-state index contributed by atoms with van der Waals surface area (Å²) in [6.45, 7) is 10.3. The number of rotatable bonds is 6. The highest BCUT2D eigenvalue weighted by Crippen LogP contribution is 2.36. The maximum absolute atomic E-state index is 13.0. The number of hydrogen-bond donors (Lipinski definition) is 1. The van der Waals surface area contributed by atoms with E-state index in [0.717, 1.165) is 28.5 Å². The van der Waals surface area contributed by atoms with Crippen LogP contribution in [0.1, 0.15) is 52.2 Å². The summed E-state index contributed by atoms with van der Waals surface area (Å²) < 4.78 is 0.296. The lowest BCUT2D eigenvalue weighted by Crippen LogP contribution is -2.47. The average molecular weight is 468 g/mol. The molecule has 1 amide bonds. The standard InChI is InChI=1S/C26H29NO3S2/c1-6-16(2)22(24(29)30)27-23(28)21(32-25(27)31)15-17-7-9-18(10-8-17)19-11-13-20(14-12-19)26(3,4)5/h7-16,22H,6H2,1-5H3,(H,29,30)/b21-15+/t16-,22+/m1/s1. The Labute approximate surface area is 199 Å². The van der Waals surface area contributed by atoms with Gasteiger partial charge in [0.1, 0.15) is 10.4 Å². The Morgan fingerprint density at radius 3 is 2.09 bits per heavy atom. The molecule has 2 atom stereocenters. The minimum atomic E-state index is -1.03. The van der Waals surface area contributed by atoms with Gasteiger partial charge in [0.15, 0.2) is 0 Å². The van der Waals surface area contributed by atoms with Gasteiger partial charge in [-0.25, -0.2) is 4.79 Å². The van der Waals surface area contributed by atoms with Crippen molar-refractivity contribution in [2.24, 2.45) is 5.92 Å². The second kappa shape index (κ2) is 9.59. The number of nitrogens with zero attached hydrogens (tertiary/aromatic N) is 1. The van der Waals surface area contributed by atoms with E-state index in [1.54, 1.807) is 6.08 Å². The molecule has 1 saturated heterocycles. The zero-order valence-electron chi connectivity index (χ0n) is 19.1. The van der Waals surface area contributed by atoms with Crippen LogP contribution in [0.2, 0.25) is 0 Å². The van der Waals surface area contributed by atoms with Crippen LogP contribution in [-0.2, 0) is 15.0 Å². The first-order valence-corrected chi connectivity index (χ1v) is 12.0. The first kappa shape index (κ1) is 24.2. The van der Waals surface area contributed by atoms with Crippen molar-refractivity contribution in [3.05, 3.63) is 64.6 Å². The lowest BCUT2D eigenvalue weighted by molar-refractivity contribution is -0.147. The molecule has 6 heteroatoms. The number of carbonyl (C=O) groups is 2. The number of carboxylic acids is 1. The summed E-state index contributed by atoms with van der Waals surface area (Å²) in [4.78, 5) is 26.5. The smallest absolute Gasteiger partial charge is 0.327 e. The maximum Gasteiger partial charge on any atom is 0.327 e. The molecule has 0 spiro atoms. The first-order valence-electron chi connectivity index (χ1n) is 10.7. The molecule has 0 unspecified atom stereocenters. The van der Waals surface area contributed by atoms with E-state index in [4.69, 9.17) is 12.2 Å². The van der Waals surface area contributed by atoms with Gasteiger partial charge >= 0.3 is 5.97 Å². The summed E-state index contributed by atoms with van der Waals surface area (Å²) in [6, 6.07) is 15.6. The van der Waals surface area contributed by atoms with Crippen molar-refractivity contribution in [1.82, 2.24) is 4.90 Å². The SMILES string of the molecule is CC[C@@H](C)[C@@H](C(=O)O)N1C(=O)/C(=C\c2ccc(-c3ccc(C(C)(C)C)cc3)cc2)SC1=S. The number of thioether (sulfide) groups is 1. The van der Waals surface area contributed by atoms with E-state index in [9.17, 15) is 14.7 Å². The van der Waals surface area contributed by atoms with E-state index in [0.29, 0.717) is 15.6 Å². The Bertz CT molecular complexity index is 1050. The van der Waals surface area contributed by atoms with Crippen molar-refractivity contribution < 1.29 is 14.7 Å². The highest BCUT2D eigenvalue weighted by Gasteiger charge is 2.42. The molecule has 1 aliphatic heterocycles. The van der Waals surface area contributed by atoms with Crippen LogP contribution in [0.4, 0.5) is 0 Å². The van der Waals surface area contributed by atoms with Gasteiger partial charge in [-0.2, -0.15) is 0 Å². The number of hydrogen-bond acceptors (Lipinski definition) is 4. The molecule has 0 saturated carbocycles. The lowest BCUT2D eigenvalue weighted by Gasteiger charge is -2.27. The molecule has 2 aromatic carbocycles. The van der Waals surface area contributed by atoms with E-state index in [1.807, 2.05) is 38.1 Å². The molecule has 3 rings (SSSR count). The summed E-state index contributed by atoms with van der Waals surface area (Å²) in [6.07, 6.45) is 2.42. The number of thiocarbonyl (C=S) groups is 1. The first-order chi connectivity index (χ1) is 15.0. The van der Waals surface area contributed by atoms with Crippen LogP contribution in [0.25, 0.3) is 17.2 Å². The molecule has 0 bridgehead atoms. The molecule has 0 aliphatic carbocycles. The topological polar surface area (TPSA) is 57.6 Å². The van der Waals surface area contributed by atoms with Crippen LogP contribution in [0.3, 0.4) is 0 Å². The van der Waals surface area contributed by atoms with Crippen molar-refractivity contribution >= 4 is 46.3 Å². The highest BCUT2D eigenvalue weighted by atomic mass is 32.2. The molecule has 4 nitrogen and oxygen atoms in total. The fourth-order valence-corrected chi connectivity index (χ4v) is 4.97. The summed E-state index contributed by atoms with van der Waals surface area (Å²) in [5.74, 6) is -1.56. The fourth-order valence-electron chi connectivity index (χ4n) is 3.64. The Morgan fingerprint density at radius 2 is 1.62 bits per heavy atom. The zero-order valence-corrected chi connectivity index (χ0v) is 20.7. The summed E-state index contributed by atoms with van der Waals surface area (Å²) in [7, 11) is 0. The average Bonchev–Trinajstić information content (AvgIpc) is 3.01. The number of benzene rings is 2. The molecule has 168 valence electrons. The Hall–Kier alpha value is -2.44.